The minimum Gasteiger partial charge on any atom is -0.330 e. The minimum atomic E-state index is -0.364. The van der Waals surface area contributed by atoms with Crippen molar-refractivity contribution in [1.29, 1.82) is 0 Å². The lowest BCUT2D eigenvalue weighted by Gasteiger charge is -2.14. The van der Waals surface area contributed by atoms with E-state index in [0.29, 0.717) is 0 Å². The van der Waals surface area contributed by atoms with E-state index in [4.69, 9.17) is 0 Å². The van der Waals surface area contributed by atoms with E-state index < -0.39 is 0 Å². The van der Waals surface area contributed by atoms with Gasteiger partial charge >= 0.3 is 6.03 Å². The maximum absolute atomic E-state index is 11.2. The van der Waals surface area contributed by atoms with E-state index in [-0.39, 0.29) is 30.3 Å². The van der Waals surface area contributed by atoms with Gasteiger partial charge in [-0.3, -0.25) is 10.2 Å². The Morgan fingerprint density at radius 2 is 1.81 bits per heavy atom. The molecule has 1 atom stereocenters. The fourth-order valence-electron chi connectivity index (χ4n) is 1.11. The van der Waals surface area contributed by atoms with Crippen molar-refractivity contribution in [3.05, 3.63) is 0 Å². The molecule has 1 unspecified atom stereocenters. The van der Waals surface area contributed by atoms with E-state index in [9.17, 15) is 9.59 Å². The molecule has 2 amide bonds. The van der Waals surface area contributed by atoms with Crippen molar-refractivity contribution in [2.24, 2.45) is 5.92 Å². The second kappa shape index (κ2) is 8.10. The Balaban J connectivity index is 3.63. The zero-order valence-corrected chi connectivity index (χ0v) is 10.6. The maximum Gasteiger partial charge on any atom is 0.329 e. The Bertz CT molecular complexity index is 229. The molecule has 94 valence electrons. The summed E-state index contributed by atoms with van der Waals surface area (Å²) in [6.07, 6.45) is 2.05. The number of rotatable bonds is 7. The molecule has 5 heteroatoms. The Hall–Kier alpha value is -1.10. The first-order valence-electron chi connectivity index (χ1n) is 5.79. The Kier molecular flexibility index (Phi) is 7.54. The lowest BCUT2D eigenvalue weighted by atomic mass is 10.1. The quantitative estimate of drug-likeness (QED) is 0.575. The molecule has 0 aliphatic carbocycles. The average Bonchev–Trinajstić information content (AvgIpc) is 2.23. The van der Waals surface area contributed by atoms with Crippen LogP contribution in [0.15, 0.2) is 0 Å². The number of carbonyl (C=O) groups excluding carboxylic acids is 2. The Morgan fingerprint density at radius 3 is 2.31 bits per heavy atom. The van der Waals surface area contributed by atoms with Crippen LogP contribution >= 0.6 is 0 Å². The maximum atomic E-state index is 11.2. The van der Waals surface area contributed by atoms with Crippen molar-refractivity contribution in [3.8, 4) is 0 Å². The van der Waals surface area contributed by atoms with E-state index >= 15 is 0 Å². The molecule has 0 aromatic rings. The number of hydrogen-bond acceptors (Lipinski definition) is 3. The van der Waals surface area contributed by atoms with Gasteiger partial charge in [-0.05, 0) is 13.3 Å². The van der Waals surface area contributed by atoms with Gasteiger partial charge in [-0.15, -0.1) is 0 Å². The third kappa shape index (κ3) is 7.23. The van der Waals surface area contributed by atoms with Crippen LogP contribution in [0.25, 0.3) is 0 Å². The third-order valence-corrected chi connectivity index (χ3v) is 2.22. The van der Waals surface area contributed by atoms with Gasteiger partial charge < -0.3 is 5.32 Å². The van der Waals surface area contributed by atoms with Gasteiger partial charge in [0.15, 0.2) is 5.78 Å². The standard InChI is InChI=1S/C11H23N3O2/c1-5-6-9(4)13-14-11(16)12-7-10(15)8(2)3/h8-9,13H,5-7H2,1-4H3,(H2,12,14,16). The second-order valence-corrected chi connectivity index (χ2v) is 4.26. The van der Waals surface area contributed by atoms with E-state index in [1.807, 2.05) is 20.8 Å². The smallest absolute Gasteiger partial charge is 0.329 e. The Labute approximate surface area is 97.3 Å². The van der Waals surface area contributed by atoms with Crippen LogP contribution in [0.2, 0.25) is 0 Å². The van der Waals surface area contributed by atoms with Crippen LogP contribution < -0.4 is 16.2 Å². The van der Waals surface area contributed by atoms with Gasteiger partial charge in [0.1, 0.15) is 0 Å². The summed E-state index contributed by atoms with van der Waals surface area (Å²) in [6, 6.07) is -0.131. The molecule has 5 nitrogen and oxygen atoms in total. The zero-order valence-electron chi connectivity index (χ0n) is 10.6. The third-order valence-electron chi connectivity index (χ3n) is 2.22. The SMILES string of the molecule is CCCC(C)NNC(=O)NCC(=O)C(C)C. The number of hydrazine groups is 1. The monoisotopic (exact) mass is 229 g/mol. The topological polar surface area (TPSA) is 70.2 Å². The summed E-state index contributed by atoms with van der Waals surface area (Å²) in [5.74, 6) is -0.0240. The predicted molar refractivity (Wildman–Crippen MR) is 63.9 cm³/mol. The lowest BCUT2D eigenvalue weighted by Crippen LogP contribution is -2.49. The molecular weight excluding hydrogens is 206 g/mol. The highest BCUT2D eigenvalue weighted by atomic mass is 16.2. The van der Waals surface area contributed by atoms with Gasteiger partial charge in [-0.1, -0.05) is 27.2 Å². The van der Waals surface area contributed by atoms with Gasteiger partial charge in [0.2, 0.25) is 0 Å². The first-order valence-corrected chi connectivity index (χ1v) is 5.79. The highest BCUT2D eigenvalue weighted by Gasteiger charge is 2.09. The van der Waals surface area contributed by atoms with E-state index in [1.54, 1.807) is 0 Å². The predicted octanol–water partition coefficient (Wildman–Crippen LogP) is 1.20. The molecule has 16 heavy (non-hydrogen) atoms. The summed E-state index contributed by atoms with van der Waals surface area (Å²) in [7, 11) is 0. The number of nitrogens with one attached hydrogen (secondary N) is 3. The lowest BCUT2D eigenvalue weighted by molar-refractivity contribution is -0.120. The van der Waals surface area contributed by atoms with Crippen molar-refractivity contribution >= 4 is 11.8 Å². The van der Waals surface area contributed by atoms with E-state index in [2.05, 4.69) is 23.1 Å². The van der Waals surface area contributed by atoms with Gasteiger partial charge in [0.05, 0.1) is 6.54 Å². The molecule has 0 saturated carbocycles. The largest absolute Gasteiger partial charge is 0.330 e. The van der Waals surface area contributed by atoms with E-state index in [1.165, 1.54) is 0 Å². The van der Waals surface area contributed by atoms with Crippen molar-refractivity contribution in [1.82, 2.24) is 16.2 Å². The van der Waals surface area contributed by atoms with Crippen LogP contribution in [0.3, 0.4) is 0 Å². The molecule has 0 spiro atoms. The van der Waals surface area contributed by atoms with Crippen molar-refractivity contribution in [2.75, 3.05) is 6.54 Å². The van der Waals surface area contributed by atoms with Crippen LogP contribution in [-0.4, -0.2) is 24.4 Å². The molecule has 0 rings (SSSR count). The molecule has 0 aromatic carbocycles. The van der Waals surface area contributed by atoms with Gasteiger partial charge in [0.25, 0.3) is 0 Å². The summed E-state index contributed by atoms with van der Waals surface area (Å²) in [4.78, 5) is 22.5. The van der Waals surface area contributed by atoms with Crippen LogP contribution in [0, 0.1) is 5.92 Å². The molecule has 0 aliphatic heterocycles. The van der Waals surface area contributed by atoms with Crippen molar-refractivity contribution < 1.29 is 9.59 Å². The van der Waals surface area contributed by atoms with Crippen LogP contribution in [-0.2, 0) is 4.79 Å². The Morgan fingerprint density at radius 1 is 1.19 bits per heavy atom. The molecular formula is C11H23N3O2. The first-order chi connectivity index (χ1) is 7.47. The molecule has 0 radical (unpaired) electrons. The van der Waals surface area contributed by atoms with Crippen molar-refractivity contribution in [3.63, 3.8) is 0 Å². The summed E-state index contributed by atoms with van der Waals surface area (Å²) < 4.78 is 0. The molecule has 0 bridgehead atoms. The normalized spacial score (nSPS) is 12.3. The molecule has 0 fully saturated rings. The van der Waals surface area contributed by atoms with Crippen LogP contribution in [0.5, 0.6) is 0 Å². The van der Waals surface area contributed by atoms with Crippen molar-refractivity contribution in [2.45, 2.75) is 46.6 Å². The average molecular weight is 229 g/mol. The highest BCUT2D eigenvalue weighted by Crippen LogP contribution is 1.93. The fourth-order valence-corrected chi connectivity index (χ4v) is 1.11. The van der Waals surface area contributed by atoms with Gasteiger partial charge in [-0.25, -0.2) is 10.2 Å². The number of urea groups is 1. The molecule has 0 saturated heterocycles. The molecule has 0 aliphatic rings. The summed E-state index contributed by atoms with van der Waals surface area (Å²) in [5.41, 5.74) is 5.37. The number of Topliss-reactive ketones (excluding diaryl/α,β-unsaturated/α-hetero) is 1. The fraction of sp³-hybridized carbons (Fsp3) is 0.818. The first kappa shape index (κ1) is 14.9. The van der Waals surface area contributed by atoms with Gasteiger partial charge in [0, 0.05) is 12.0 Å². The minimum absolute atomic E-state index is 0.0248. The summed E-state index contributed by atoms with van der Waals surface area (Å²) in [5, 5.41) is 2.50. The van der Waals surface area contributed by atoms with Gasteiger partial charge in [-0.2, -0.15) is 0 Å². The van der Waals surface area contributed by atoms with E-state index in [0.717, 1.165) is 12.8 Å². The van der Waals surface area contributed by atoms with Crippen LogP contribution in [0.1, 0.15) is 40.5 Å². The highest BCUT2D eigenvalue weighted by molar-refractivity contribution is 5.86. The molecule has 0 heterocycles. The zero-order chi connectivity index (χ0) is 12.6. The summed E-state index contributed by atoms with van der Waals surface area (Å²) in [6.45, 7) is 7.77. The molecule has 0 aromatic heterocycles. The molecule has 3 N–H and O–H groups in total. The number of ketones is 1. The van der Waals surface area contributed by atoms with Crippen LogP contribution in [0.4, 0.5) is 4.79 Å². The number of carbonyl (C=O) groups is 2. The number of hydrogen-bond donors (Lipinski definition) is 3. The second-order valence-electron chi connectivity index (χ2n) is 4.26. The summed E-state index contributed by atoms with van der Waals surface area (Å²) >= 11 is 0. The number of amides is 2.